The van der Waals surface area contributed by atoms with Gasteiger partial charge in [-0.3, -0.25) is 0 Å². The number of hydrogen-bond acceptors (Lipinski definition) is 3. The first-order chi connectivity index (χ1) is 8.38. The second-order valence-electron chi connectivity index (χ2n) is 3.96. The van der Waals surface area contributed by atoms with Crippen molar-refractivity contribution >= 4 is 12.4 Å². The summed E-state index contributed by atoms with van der Waals surface area (Å²) in [5.74, 6) is 0.124. The lowest BCUT2D eigenvalue weighted by atomic mass is 10.00. The lowest BCUT2D eigenvalue weighted by Gasteiger charge is -2.16. The van der Waals surface area contributed by atoms with Crippen LogP contribution in [0, 0.1) is 0 Å². The maximum Gasteiger partial charge on any atom is 0.416 e. The third-order valence-electron chi connectivity index (χ3n) is 2.59. The summed E-state index contributed by atoms with van der Waals surface area (Å²) in [6.07, 6.45) is -3.57. The summed E-state index contributed by atoms with van der Waals surface area (Å²) >= 11 is 0. The molecule has 1 atom stereocenters. The summed E-state index contributed by atoms with van der Waals surface area (Å²) in [5.41, 5.74) is 5.36. The highest BCUT2D eigenvalue weighted by atomic mass is 35.5. The summed E-state index contributed by atoms with van der Waals surface area (Å²) in [5, 5.41) is 8.69. The number of benzene rings is 1. The van der Waals surface area contributed by atoms with Crippen LogP contribution >= 0.6 is 12.4 Å². The molecule has 0 bridgehead atoms. The summed E-state index contributed by atoms with van der Waals surface area (Å²) < 4.78 is 42.8. The van der Waals surface area contributed by atoms with Gasteiger partial charge in [-0.1, -0.05) is 0 Å². The Bertz CT molecular complexity index is 399. The highest BCUT2D eigenvalue weighted by Crippen LogP contribution is 2.34. The maximum atomic E-state index is 12.7. The Morgan fingerprint density at radius 3 is 2.42 bits per heavy atom. The molecule has 1 aromatic rings. The molecule has 0 spiro atoms. The Morgan fingerprint density at radius 2 is 1.95 bits per heavy atom. The quantitative estimate of drug-likeness (QED) is 0.879. The second kappa shape index (κ2) is 7.57. The van der Waals surface area contributed by atoms with E-state index in [4.69, 9.17) is 15.6 Å². The van der Waals surface area contributed by atoms with Crippen molar-refractivity contribution in [2.24, 2.45) is 5.73 Å². The van der Waals surface area contributed by atoms with Gasteiger partial charge in [0.1, 0.15) is 5.75 Å². The zero-order valence-corrected chi connectivity index (χ0v) is 11.2. The van der Waals surface area contributed by atoms with Gasteiger partial charge in [0.15, 0.2) is 0 Å². The molecule has 1 aromatic carbocycles. The number of nitrogens with two attached hydrogens (primary N) is 1. The molecular weight excluding hydrogens is 283 g/mol. The van der Waals surface area contributed by atoms with Gasteiger partial charge in [-0.25, -0.2) is 0 Å². The molecule has 0 aliphatic heterocycles. The number of aliphatic hydroxyl groups excluding tert-OH is 1. The molecule has 0 saturated carbocycles. The third-order valence-corrected chi connectivity index (χ3v) is 2.59. The minimum absolute atomic E-state index is 0. The first-order valence-corrected chi connectivity index (χ1v) is 5.51. The topological polar surface area (TPSA) is 55.5 Å². The first kappa shape index (κ1) is 18.0. The van der Waals surface area contributed by atoms with Crippen molar-refractivity contribution in [3.8, 4) is 5.75 Å². The fraction of sp³-hybridized carbons (Fsp3) is 0.500. The van der Waals surface area contributed by atoms with E-state index in [1.807, 2.05) is 0 Å². The van der Waals surface area contributed by atoms with Crippen molar-refractivity contribution in [2.45, 2.75) is 25.1 Å². The van der Waals surface area contributed by atoms with E-state index in [1.54, 1.807) is 0 Å². The summed E-state index contributed by atoms with van der Waals surface area (Å²) in [6.45, 7) is -0.0379. The van der Waals surface area contributed by atoms with Gasteiger partial charge < -0.3 is 15.6 Å². The molecule has 19 heavy (non-hydrogen) atoms. The normalized spacial score (nSPS) is 12.7. The number of hydrogen-bond donors (Lipinski definition) is 2. The average molecular weight is 300 g/mol. The smallest absolute Gasteiger partial charge is 0.416 e. The van der Waals surface area contributed by atoms with Crippen LogP contribution in [-0.2, 0) is 6.18 Å². The molecule has 0 amide bonds. The minimum Gasteiger partial charge on any atom is -0.497 e. The van der Waals surface area contributed by atoms with E-state index in [-0.39, 0.29) is 24.8 Å². The van der Waals surface area contributed by atoms with Crippen LogP contribution in [0.4, 0.5) is 13.2 Å². The molecule has 0 aliphatic carbocycles. The molecule has 110 valence electrons. The summed E-state index contributed by atoms with van der Waals surface area (Å²) in [4.78, 5) is 0. The van der Waals surface area contributed by atoms with Crippen LogP contribution in [0.15, 0.2) is 18.2 Å². The number of halogens is 4. The van der Waals surface area contributed by atoms with Gasteiger partial charge in [0.2, 0.25) is 0 Å². The van der Waals surface area contributed by atoms with Crippen molar-refractivity contribution in [1.29, 1.82) is 0 Å². The van der Waals surface area contributed by atoms with Crippen molar-refractivity contribution in [3.63, 3.8) is 0 Å². The fourth-order valence-corrected chi connectivity index (χ4v) is 1.60. The molecule has 1 rings (SSSR count). The maximum absolute atomic E-state index is 12.7. The molecule has 3 nitrogen and oxygen atoms in total. The Balaban J connectivity index is 0.00000324. The summed E-state index contributed by atoms with van der Waals surface area (Å²) in [6, 6.07) is 2.89. The van der Waals surface area contributed by atoms with Gasteiger partial charge in [0.25, 0.3) is 0 Å². The second-order valence-corrected chi connectivity index (χ2v) is 3.96. The average Bonchev–Trinajstić information content (AvgIpc) is 2.34. The number of methoxy groups -OCH3 is 1. The van der Waals surface area contributed by atoms with Gasteiger partial charge in [-0.2, -0.15) is 13.2 Å². The van der Waals surface area contributed by atoms with Crippen LogP contribution in [0.25, 0.3) is 0 Å². The Morgan fingerprint density at radius 1 is 1.32 bits per heavy atom. The molecule has 0 fully saturated rings. The molecule has 0 aromatic heterocycles. The molecular formula is C12H17ClF3NO2. The number of aliphatic hydroxyl groups is 1. The van der Waals surface area contributed by atoms with Gasteiger partial charge in [-0.05, 0) is 36.6 Å². The molecule has 0 saturated heterocycles. The van der Waals surface area contributed by atoms with Crippen molar-refractivity contribution in [1.82, 2.24) is 0 Å². The molecule has 0 heterocycles. The van der Waals surface area contributed by atoms with Gasteiger partial charge >= 0.3 is 6.18 Å². The standard InChI is InChI=1S/C12H16F3NO2.ClH/c1-18-10-6-8(11(16)3-2-4-17)5-9(7-10)12(13,14)15;/h5-7,11,17H,2-4,16H2,1H3;1H/t11-;/m0./s1. The predicted octanol–water partition coefficient (Wildman–Crippen LogP) is 2.91. The van der Waals surface area contributed by atoms with Crippen LogP contribution in [0.2, 0.25) is 0 Å². The van der Waals surface area contributed by atoms with Crippen molar-refractivity contribution in [3.05, 3.63) is 29.3 Å². The number of ether oxygens (including phenoxy) is 1. The van der Waals surface area contributed by atoms with E-state index in [2.05, 4.69) is 0 Å². The SMILES string of the molecule is COc1cc([C@@H](N)CCCO)cc(C(F)(F)F)c1.Cl. The largest absolute Gasteiger partial charge is 0.497 e. The molecule has 0 aliphatic rings. The lowest BCUT2D eigenvalue weighted by molar-refractivity contribution is -0.137. The third kappa shape index (κ3) is 5.26. The van der Waals surface area contributed by atoms with E-state index in [0.29, 0.717) is 18.4 Å². The highest BCUT2D eigenvalue weighted by Gasteiger charge is 2.31. The minimum atomic E-state index is -4.43. The Labute approximate surface area is 116 Å². The van der Waals surface area contributed by atoms with Crippen molar-refractivity contribution in [2.75, 3.05) is 13.7 Å². The zero-order valence-electron chi connectivity index (χ0n) is 10.4. The van der Waals surface area contributed by atoms with Gasteiger partial charge in [0.05, 0.1) is 12.7 Å². The molecule has 0 unspecified atom stereocenters. The molecule has 7 heteroatoms. The predicted molar refractivity (Wildman–Crippen MR) is 68.5 cm³/mol. The Kier molecular flexibility index (Phi) is 7.18. The monoisotopic (exact) mass is 299 g/mol. The van der Waals surface area contributed by atoms with Crippen LogP contribution in [0.1, 0.15) is 30.0 Å². The first-order valence-electron chi connectivity index (χ1n) is 5.51. The van der Waals surface area contributed by atoms with Crippen LogP contribution < -0.4 is 10.5 Å². The lowest BCUT2D eigenvalue weighted by Crippen LogP contribution is -2.13. The highest BCUT2D eigenvalue weighted by molar-refractivity contribution is 5.85. The van der Waals surface area contributed by atoms with Crippen LogP contribution in [0.3, 0.4) is 0 Å². The molecule has 3 N–H and O–H groups in total. The van der Waals surface area contributed by atoms with E-state index >= 15 is 0 Å². The van der Waals surface area contributed by atoms with Crippen LogP contribution in [0.5, 0.6) is 5.75 Å². The number of rotatable bonds is 5. The van der Waals surface area contributed by atoms with Gasteiger partial charge in [-0.15, -0.1) is 12.4 Å². The zero-order chi connectivity index (χ0) is 13.8. The van der Waals surface area contributed by atoms with E-state index in [9.17, 15) is 13.2 Å². The summed E-state index contributed by atoms with van der Waals surface area (Å²) in [7, 11) is 1.30. The molecule has 0 radical (unpaired) electrons. The number of alkyl halides is 3. The van der Waals surface area contributed by atoms with Gasteiger partial charge in [0, 0.05) is 12.6 Å². The van der Waals surface area contributed by atoms with Crippen molar-refractivity contribution < 1.29 is 23.0 Å². The van der Waals surface area contributed by atoms with Crippen LogP contribution in [-0.4, -0.2) is 18.8 Å². The van der Waals surface area contributed by atoms with E-state index < -0.39 is 17.8 Å². The van der Waals surface area contributed by atoms with E-state index in [1.165, 1.54) is 13.2 Å². The Hall–Kier alpha value is -0.980. The fourth-order valence-electron chi connectivity index (χ4n) is 1.60. The van der Waals surface area contributed by atoms with E-state index in [0.717, 1.165) is 12.1 Å².